The van der Waals surface area contributed by atoms with E-state index >= 15 is 0 Å². The van der Waals surface area contributed by atoms with Gasteiger partial charge < -0.3 is 10.0 Å². The van der Waals surface area contributed by atoms with Crippen LogP contribution in [0.3, 0.4) is 0 Å². The maximum atomic E-state index is 9.23. The van der Waals surface area contributed by atoms with Crippen molar-refractivity contribution >= 4 is 0 Å². The number of likely N-dealkylation sites (tertiary alicyclic amines) is 1. The van der Waals surface area contributed by atoms with Gasteiger partial charge in [0.25, 0.3) is 0 Å². The SMILES string of the molecule is CC(C)N1CCC(n2cc(O)cn2)CC1. The molecule has 1 saturated heterocycles. The molecule has 1 fully saturated rings. The molecule has 0 amide bonds. The smallest absolute Gasteiger partial charge is 0.153 e. The Balaban J connectivity index is 1.93. The van der Waals surface area contributed by atoms with Crippen LogP contribution < -0.4 is 0 Å². The molecule has 0 aliphatic carbocycles. The first kappa shape index (κ1) is 10.5. The summed E-state index contributed by atoms with van der Waals surface area (Å²) in [4.78, 5) is 2.49. The van der Waals surface area contributed by atoms with Crippen molar-refractivity contribution in [3.05, 3.63) is 12.4 Å². The van der Waals surface area contributed by atoms with Crippen LogP contribution >= 0.6 is 0 Å². The van der Waals surface area contributed by atoms with Crippen LogP contribution in [0.25, 0.3) is 0 Å². The van der Waals surface area contributed by atoms with Gasteiger partial charge in [-0.1, -0.05) is 0 Å². The fraction of sp³-hybridized carbons (Fsp3) is 0.727. The summed E-state index contributed by atoms with van der Waals surface area (Å²) in [6.07, 6.45) is 5.48. The van der Waals surface area contributed by atoms with E-state index in [1.807, 2.05) is 4.68 Å². The molecule has 0 spiro atoms. The van der Waals surface area contributed by atoms with E-state index in [1.54, 1.807) is 6.20 Å². The number of hydrogen-bond acceptors (Lipinski definition) is 3. The van der Waals surface area contributed by atoms with Crippen molar-refractivity contribution in [2.75, 3.05) is 13.1 Å². The molecule has 1 aliphatic rings. The lowest BCUT2D eigenvalue weighted by atomic mass is 10.0. The van der Waals surface area contributed by atoms with E-state index in [-0.39, 0.29) is 5.75 Å². The second-order valence-corrected chi connectivity index (χ2v) is 4.54. The molecule has 0 aromatic carbocycles. The fourth-order valence-electron chi connectivity index (χ4n) is 2.19. The van der Waals surface area contributed by atoms with E-state index in [9.17, 15) is 5.11 Å². The number of nitrogens with zero attached hydrogens (tertiary/aromatic N) is 3. The van der Waals surface area contributed by atoms with Crippen LogP contribution in [0.5, 0.6) is 5.75 Å². The topological polar surface area (TPSA) is 41.3 Å². The highest BCUT2D eigenvalue weighted by molar-refractivity contribution is 5.09. The van der Waals surface area contributed by atoms with Gasteiger partial charge in [-0.15, -0.1) is 0 Å². The summed E-state index contributed by atoms with van der Waals surface area (Å²) in [5, 5.41) is 13.4. The summed E-state index contributed by atoms with van der Waals surface area (Å²) < 4.78 is 1.90. The van der Waals surface area contributed by atoms with Crippen molar-refractivity contribution in [3.8, 4) is 5.75 Å². The maximum absolute atomic E-state index is 9.23. The zero-order valence-corrected chi connectivity index (χ0v) is 9.43. The first-order valence-electron chi connectivity index (χ1n) is 5.64. The molecule has 84 valence electrons. The summed E-state index contributed by atoms with van der Waals surface area (Å²) in [6, 6.07) is 1.10. The number of rotatable bonds is 2. The van der Waals surface area contributed by atoms with E-state index in [2.05, 4.69) is 23.8 Å². The minimum Gasteiger partial charge on any atom is -0.505 e. The largest absolute Gasteiger partial charge is 0.505 e. The van der Waals surface area contributed by atoms with Crippen molar-refractivity contribution in [2.45, 2.75) is 38.8 Å². The van der Waals surface area contributed by atoms with E-state index in [0.29, 0.717) is 12.1 Å². The van der Waals surface area contributed by atoms with Crippen LogP contribution in [0.2, 0.25) is 0 Å². The summed E-state index contributed by atoms with van der Waals surface area (Å²) in [5.74, 6) is 0.265. The Morgan fingerprint density at radius 2 is 2.07 bits per heavy atom. The molecule has 1 N–H and O–H groups in total. The van der Waals surface area contributed by atoms with Gasteiger partial charge in [0.05, 0.1) is 18.4 Å². The van der Waals surface area contributed by atoms with Gasteiger partial charge in [0.1, 0.15) is 0 Å². The van der Waals surface area contributed by atoms with Crippen LogP contribution in [0.1, 0.15) is 32.7 Å². The monoisotopic (exact) mass is 209 g/mol. The lowest BCUT2D eigenvalue weighted by Gasteiger charge is -2.34. The van der Waals surface area contributed by atoms with Gasteiger partial charge in [0.15, 0.2) is 5.75 Å². The average Bonchev–Trinajstić information content (AvgIpc) is 2.65. The Hall–Kier alpha value is -1.03. The van der Waals surface area contributed by atoms with Crippen LogP contribution in [0, 0.1) is 0 Å². The summed E-state index contributed by atoms with van der Waals surface area (Å²) >= 11 is 0. The zero-order chi connectivity index (χ0) is 10.8. The van der Waals surface area contributed by atoms with Gasteiger partial charge in [0.2, 0.25) is 0 Å². The third-order valence-corrected chi connectivity index (χ3v) is 3.19. The van der Waals surface area contributed by atoms with Crippen LogP contribution in [-0.4, -0.2) is 38.9 Å². The molecule has 1 aromatic heterocycles. The molecule has 2 rings (SSSR count). The van der Waals surface area contributed by atoms with E-state index in [0.717, 1.165) is 25.9 Å². The molecular weight excluding hydrogens is 190 g/mol. The Morgan fingerprint density at radius 3 is 2.53 bits per heavy atom. The molecular formula is C11H19N3O. The lowest BCUT2D eigenvalue weighted by Crippen LogP contribution is -2.39. The van der Waals surface area contributed by atoms with Crippen molar-refractivity contribution in [3.63, 3.8) is 0 Å². The Morgan fingerprint density at radius 1 is 1.40 bits per heavy atom. The molecule has 1 aromatic rings. The van der Waals surface area contributed by atoms with Gasteiger partial charge in [-0.3, -0.25) is 4.68 Å². The number of piperidine rings is 1. The molecule has 0 unspecified atom stereocenters. The third kappa shape index (κ3) is 2.31. The highest BCUT2D eigenvalue weighted by Gasteiger charge is 2.22. The number of aromatic hydroxyl groups is 1. The summed E-state index contributed by atoms with van der Waals surface area (Å²) in [7, 11) is 0. The Labute approximate surface area is 90.5 Å². The third-order valence-electron chi connectivity index (χ3n) is 3.19. The summed E-state index contributed by atoms with van der Waals surface area (Å²) in [6.45, 7) is 6.73. The minimum atomic E-state index is 0.265. The average molecular weight is 209 g/mol. The van der Waals surface area contributed by atoms with Crippen molar-refractivity contribution in [1.29, 1.82) is 0 Å². The molecule has 1 aliphatic heterocycles. The second-order valence-electron chi connectivity index (χ2n) is 4.54. The quantitative estimate of drug-likeness (QED) is 0.805. The molecule has 15 heavy (non-hydrogen) atoms. The van der Waals surface area contributed by atoms with E-state index in [1.165, 1.54) is 6.20 Å². The number of aromatic nitrogens is 2. The van der Waals surface area contributed by atoms with Gasteiger partial charge in [-0.25, -0.2) is 0 Å². The number of hydrogen-bond donors (Lipinski definition) is 1. The second kappa shape index (κ2) is 4.23. The highest BCUT2D eigenvalue weighted by atomic mass is 16.3. The lowest BCUT2D eigenvalue weighted by molar-refractivity contribution is 0.147. The van der Waals surface area contributed by atoms with Gasteiger partial charge in [-0.05, 0) is 26.7 Å². The standard InChI is InChI=1S/C11H19N3O/c1-9(2)13-5-3-10(4-6-13)14-8-11(15)7-12-14/h7-10,15H,3-6H2,1-2H3. The molecule has 2 heterocycles. The Bertz CT molecular complexity index is 313. The molecule has 0 saturated carbocycles. The fourth-order valence-corrected chi connectivity index (χ4v) is 2.19. The van der Waals surface area contributed by atoms with Crippen LogP contribution in [0.15, 0.2) is 12.4 Å². The first-order valence-corrected chi connectivity index (χ1v) is 5.64. The maximum Gasteiger partial charge on any atom is 0.153 e. The van der Waals surface area contributed by atoms with Crippen molar-refractivity contribution < 1.29 is 5.11 Å². The van der Waals surface area contributed by atoms with Gasteiger partial charge >= 0.3 is 0 Å². The van der Waals surface area contributed by atoms with E-state index in [4.69, 9.17) is 0 Å². The van der Waals surface area contributed by atoms with E-state index < -0.39 is 0 Å². The Kier molecular flexibility index (Phi) is 2.95. The van der Waals surface area contributed by atoms with Gasteiger partial charge in [0, 0.05) is 19.1 Å². The molecule has 0 bridgehead atoms. The zero-order valence-electron chi connectivity index (χ0n) is 9.43. The van der Waals surface area contributed by atoms with Gasteiger partial charge in [-0.2, -0.15) is 5.10 Å². The molecule has 4 nitrogen and oxygen atoms in total. The predicted octanol–water partition coefficient (Wildman–Crippen LogP) is 1.63. The van der Waals surface area contributed by atoms with Crippen molar-refractivity contribution in [1.82, 2.24) is 14.7 Å². The van der Waals surface area contributed by atoms with Crippen LogP contribution in [0.4, 0.5) is 0 Å². The normalized spacial score (nSPS) is 19.9. The minimum absolute atomic E-state index is 0.265. The molecule has 4 heteroatoms. The van der Waals surface area contributed by atoms with Crippen molar-refractivity contribution in [2.24, 2.45) is 0 Å². The predicted molar refractivity (Wildman–Crippen MR) is 58.9 cm³/mol. The summed E-state index contributed by atoms with van der Waals surface area (Å²) in [5.41, 5.74) is 0. The van der Waals surface area contributed by atoms with Crippen LogP contribution in [-0.2, 0) is 0 Å². The first-order chi connectivity index (χ1) is 7.16. The molecule has 0 radical (unpaired) electrons. The highest BCUT2D eigenvalue weighted by Crippen LogP contribution is 2.24. The molecule has 0 atom stereocenters.